The quantitative estimate of drug-likeness (QED) is 0.764. The zero-order chi connectivity index (χ0) is 15.8. The van der Waals surface area contributed by atoms with Crippen molar-refractivity contribution < 1.29 is 4.79 Å². The molecule has 3 nitrogen and oxygen atoms in total. The van der Waals surface area contributed by atoms with Crippen molar-refractivity contribution >= 4 is 22.5 Å². The average Bonchev–Trinajstić information content (AvgIpc) is 2.97. The molecule has 0 saturated carbocycles. The maximum Gasteiger partial charge on any atom is 0.257 e. The van der Waals surface area contributed by atoms with Crippen LogP contribution >= 0.6 is 0 Å². The SMILES string of the molecule is CCc1ccc(NC(=O)c2cn3c4c(cccc24)CCC3)cc1. The molecule has 0 unspecified atom stereocenters. The minimum atomic E-state index is -0.0305. The molecule has 1 amide bonds. The van der Waals surface area contributed by atoms with Crippen LogP contribution < -0.4 is 5.32 Å². The Morgan fingerprint density at radius 2 is 2.00 bits per heavy atom. The van der Waals surface area contributed by atoms with Gasteiger partial charge in [0.1, 0.15) is 0 Å². The lowest BCUT2D eigenvalue weighted by Gasteiger charge is -2.14. The van der Waals surface area contributed by atoms with E-state index in [1.807, 2.05) is 18.3 Å². The summed E-state index contributed by atoms with van der Waals surface area (Å²) in [6, 6.07) is 14.3. The van der Waals surface area contributed by atoms with Crippen molar-refractivity contribution in [3.63, 3.8) is 0 Å². The Hall–Kier alpha value is -2.55. The summed E-state index contributed by atoms with van der Waals surface area (Å²) >= 11 is 0. The number of nitrogens with one attached hydrogen (secondary N) is 1. The van der Waals surface area contributed by atoms with Gasteiger partial charge in [-0.3, -0.25) is 4.79 Å². The van der Waals surface area contributed by atoms with E-state index in [4.69, 9.17) is 0 Å². The normalized spacial score (nSPS) is 13.3. The van der Waals surface area contributed by atoms with E-state index in [9.17, 15) is 4.79 Å². The third-order valence-corrected chi connectivity index (χ3v) is 4.69. The van der Waals surface area contributed by atoms with Gasteiger partial charge in [-0.05, 0) is 42.5 Å². The summed E-state index contributed by atoms with van der Waals surface area (Å²) in [5.41, 5.74) is 5.46. The van der Waals surface area contributed by atoms with Crippen molar-refractivity contribution in [1.82, 2.24) is 4.57 Å². The molecule has 0 radical (unpaired) electrons. The molecule has 3 heteroatoms. The molecule has 0 bridgehead atoms. The van der Waals surface area contributed by atoms with Crippen LogP contribution in [0.1, 0.15) is 34.8 Å². The first-order chi connectivity index (χ1) is 11.3. The van der Waals surface area contributed by atoms with Gasteiger partial charge in [-0.1, -0.05) is 37.3 Å². The smallest absolute Gasteiger partial charge is 0.257 e. The van der Waals surface area contributed by atoms with Gasteiger partial charge in [-0.15, -0.1) is 0 Å². The van der Waals surface area contributed by atoms with Gasteiger partial charge in [0.15, 0.2) is 0 Å². The number of aromatic nitrogens is 1. The summed E-state index contributed by atoms with van der Waals surface area (Å²) in [4.78, 5) is 12.7. The van der Waals surface area contributed by atoms with Gasteiger partial charge in [0, 0.05) is 23.8 Å². The predicted molar refractivity (Wildman–Crippen MR) is 94.0 cm³/mol. The van der Waals surface area contributed by atoms with Crippen LogP contribution in [0.5, 0.6) is 0 Å². The number of benzene rings is 2. The topological polar surface area (TPSA) is 34.0 Å². The first-order valence-electron chi connectivity index (χ1n) is 8.27. The van der Waals surface area contributed by atoms with Gasteiger partial charge >= 0.3 is 0 Å². The summed E-state index contributed by atoms with van der Waals surface area (Å²) in [6.07, 6.45) is 5.24. The minimum absolute atomic E-state index is 0.0305. The Balaban J connectivity index is 1.69. The molecule has 0 spiro atoms. The largest absolute Gasteiger partial charge is 0.346 e. The summed E-state index contributed by atoms with van der Waals surface area (Å²) in [7, 11) is 0. The van der Waals surface area contributed by atoms with Gasteiger partial charge in [-0.25, -0.2) is 0 Å². The van der Waals surface area contributed by atoms with Crippen molar-refractivity contribution in [3.8, 4) is 0 Å². The number of hydrogen-bond acceptors (Lipinski definition) is 1. The lowest BCUT2D eigenvalue weighted by molar-refractivity contribution is 0.102. The third kappa shape index (κ3) is 2.42. The van der Waals surface area contributed by atoms with Crippen LogP contribution in [0.3, 0.4) is 0 Å². The number of nitrogens with zero attached hydrogens (tertiary/aromatic N) is 1. The molecule has 1 aromatic heterocycles. The fourth-order valence-electron chi connectivity index (χ4n) is 3.46. The Bertz CT molecular complexity index is 875. The highest BCUT2D eigenvalue weighted by Crippen LogP contribution is 2.29. The second-order valence-corrected chi connectivity index (χ2v) is 6.16. The van der Waals surface area contributed by atoms with E-state index in [0.717, 1.165) is 42.4 Å². The molecule has 0 atom stereocenters. The maximum absolute atomic E-state index is 12.7. The Morgan fingerprint density at radius 3 is 2.78 bits per heavy atom. The van der Waals surface area contributed by atoms with Crippen molar-refractivity contribution in [2.45, 2.75) is 32.7 Å². The van der Waals surface area contributed by atoms with E-state index >= 15 is 0 Å². The molecule has 2 aromatic carbocycles. The highest BCUT2D eigenvalue weighted by atomic mass is 16.1. The van der Waals surface area contributed by atoms with Crippen molar-refractivity contribution in [1.29, 1.82) is 0 Å². The average molecular weight is 304 g/mol. The van der Waals surface area contributed by atoms with E-state index in [2.05, 4.69) is 47.1 Å². The van der Waals surface area contributed by atoms with Crippen LogP contribution in [0.25, 0.3) is 10.9 Å². The highest BCUT2D eigenvalue weighted by molar-refractivity contribution is 6.13. The Morgan fingerprint density at radius 1 is 1.17 bits per heavy atom. The minimum Gasteiger partial charge on any atom is -0.346 e. The van der Waals surface area contributed by atoms with Crippen molar-refractivity contribution in [3.05, 3.63) is 65.4 Å². The second kappa shape index (κ2) is 5.58. The molecule has 116 valence electrons. The molecule has 0 aliphatic carbocycles. The van der Waals surface area contributed by atoms with E-state index in [0.29, 0.717) is 0 Å². The lowest BCUT2D eigenvalue weighted by atomic mass is 10.0. The van der Waals surface area contributed by atoms with Crippen LogP contribution in [0.4, 0.5) is 5.69 Å². The summed E-state index contributed by atoms with van der Waals surface area (Å²) in [6.45, 7) is 3.12. The number of aryl methyl sites for hydroxylation is 3. The molecule has 2 heterocycles. The third-order valence-electron chi connectivity index (χ3n) is 4.69. The van der Waals surface area contributed by atoms with E-state index in [1.54, 1.807) is 0 Å². The van der Waals surface area contributed by atoms with Crippen LogP contribution in [0, 0.1) is 0 Å². The fourth-order valence-corrected chi connectivity index (χ4v) is 3.46. The number of carbonyl (C=O) groups excluding carboxylic acids is 1. The Labute approximate surface area is 135 Å². The molecular weight excluding hydrogens is 284 g/mol. The molecule has 4 rings (SSSR count). The number of anilines is 1. The monoisotopic (exact) mass is 304 g/mol. The summed E-state index contributed by atoms with van der Waals surface area (Å²) < 4.78 is 2.23. The van der Waals surface area contributed by atoms with Gasteiger partial charge in [0.25, 0.3) is 5.91 Å². The van der Waals surface area contributed by atoms with Gasteiger partial charge in [0.05, 0.1) is 11.1 Å². The fraction of sp³-hybridized carbons (Fsp3) is 0.250. The number of rotatable bonds is 3. The van der Waals surface area contributed by atoms with Crippen molar-refractivity contribution in [2.75, 3.05) is 5.32 Å². The molecular formula is C20H20N2O. The molecule has 0 saturated heterocycles. The van der Waals surface area contributed by atoms with Gasteiger partial charge < -0.3 is 9.88 Å². The zero-order valence-electron chi connectivity index (χ0n) is 13.3. The first-order valence-corrected chi connectivity index (χ1v) is 8.27. The number of para-hydroxylation sites is 1. The number of carbonyl (C=O) groups is 1. The molecule has 1 aliphatic rings. The summed E-state index contributed by atoms with van der Waals surface area (Å²) in [5, 5.41) is 4.09. The van der Waals surface area contributed by atoms with Gasteiger partial charge in [0.2, 0.25) is 0 Å². The van der Waals surface area contributed by atoms with Gasteiger partial charge in [-0.2, -0.15) is 0 Å². The molecule has 1 N–H and O–H groups in total. The van der Waals surface area contributed by atoms with Crippen LogP contribution in [-0.2, 0) is 19.4 Å². The summed E-state index contributed by atoms with van der Waals surface area (Å²) in [5.74, 6) is -0.0305. The van der Waals surface area contributed by atoms with Crippen LogP contribution in [-0.4, -0.2) is 10.5 Å². The number of amides is 1. The molecule has 1 aliphatic heterocycles. The molecule has 0 fully saturated rings. The Kier molecular flexibility index (Phi) is 3.41. The lowest BCUT2D eigenvalue weighted by Crippen LogP contribution is -2.11. The van der Waals surface area contributed by atoms with E-state index < -0.39 is 0 Å². The van der Waals surface area contributed by atoms with E-state index in [-0.39, 0.29) is 5.91 Å². The zero-order valence-corrected chi connectivity index (χ0v) is 13.3. The van der Waals surface area contributed by atoms with Crippen LogP contribution in [0.15, 0.2) is 48.7 Å². The maximum atomic E-state index is 12.7. The molecule has 3 aromatic rings. The second-order valence-electron chi connectivity index (χ2n) is 6.16. The first kappa shape index (κ1) is 14.1. The van der Waals surface area contributed by atoms with Crippen molar-refractivity contribution in [2.24, 2.45) is 0 Å². The molecule has 23 heavy (non-hydrogen) atoms. The number of hydrogen-bond donors (Lipinski definition) is 1. The standard InChI is InChI=1S/C20H20N2O/c1-2-14-8-10-16(11-9-14)21-20(23)18-13-22-12-4-6-15-5-3-7-17(18)19(15)22/h3,5,7-11,13H,2,4,6,12H2,1H3,(H,21,23). The predicted octanol–water partition coefficient (Wildman–Crippen LogP) is 4.40. The van der Waals surface area contributed by atoms with Crippen LogP contribution in [0.2, 0.25) is 0 Å². The van der Waals surface area contributed by atoms with E-state index in [1.165, 1.54) is 16.6 Å². The highest BCUT2D eigenvalue weighted by Gasteiger charge is 2.19.